The number of amides is 1. The van der Waals surface area contributed by atoms with Crippen LogP contribution in [0.15, 0.2) is 18.2 Å². The van der Waals surface area contributed by atoms with Crippen molar-refractivity contribution in [3.05, 3.63) is 34.9 Å². The molecule has 0 aliphatic carbocycles. The monoisotopic (exact) mass is 295 g/mol. The van der Waals surface area contributed by atoms with Crippen LogP contribution in [-0.4, -0.2) is 44.6 Å². The van der Waals surface area contributed by atoms with E-state index >= 15 is 0 Å². The van der Waals surface area contributed by atoms with Crippen LogP contribution in [-0.2, 0) is 9.84 Å². The SMILES string of the molecule is Cc1c(C#CCO)cccc1C(=O)NCCS(C)(=O)=O. The third-order valence-electron chi connectivity index (χ3n) is 2.64. The van der Waals surface area contributed by atoms with Crippen molar-refractivity contribution in [2.45, 2.75) is 6.92 Å². The highest BCUT2D eigenvalue weighted by atomic mass is 32.2. The van der Waals surface area contributed by atoms with E-state index in [1.807, 2.05) is 0 Å². The Bertz CT molecular complexity index is 653. The molecule has 0 saturated carbocycles. The molecule has 0 bridgehead atoms. The Kier molecular flexibility index (Phi) is 5.74. The molecular weight excluding hydrogens is 278 g/mol. The third kappa shape index (κ3) is 5.03. The Hall–Kier alpha value is -1.84. The second-order valence-corrected chi connectivity index (χ2v) is 6.58. The maximum Gasteiger partial charge on any atom is 0.251 e. The van der Waals surface area contributed by atoms with Crippen LogP contribution in [0.3, 0.4) is 0 Å². The van der Waals surface area contributed by atoms with E-state index in [0.717, 1.165) is 6.26 Å². The number of aliphatic hydroxyl groups is 1. The molecule has 6 heteroatoms. The van der Waals surface area contributed by atoms with Crippen LogP contribution in [0.4, 0.5) is 0 Å². The van der Waals surface area contributed by atoms with Crippen LogP contribution in [0, 0.1) is 18.8 Å². The molecule has 0 fully saturated rings. The van der Waals surface area contributed by atoms with Gasteiger partial charge in [-0.15, -0.1) is 0 Å². The summed E-state index contributed by atoms with van der Waals surface area (Å²) in [6.07, 6.45) is 1.12. The fraction of sp³-hybridized carbons (Fsp3) is 0.357. The van der Waals surface area contributed by atoms with Gasteiger partial charge in [0.05, 0.1) is 5.75 Å². The predicted octanol–water partition coefficient (Wildman–Crippen LogP) is 0.113. The molecule has 108 valence electrons. The second kappa shape index (κ2) is 7.08. The highest BCUT2D eigenvalue weighted by molar-refractivity contribution is 7.90. The quantitative estimate of drug-likeness (QED) is 0.773. The van der Waals surface area contributed by atoms with Gasteiger partial charge in [0.15, 0.2) is 0 Å². The number of aliphatic hydroxyl groups excluding tert-OH is 1. The van der Waals surface area contributed by atoms with Gasteiger partial charge >= 0.3 is 0 Å². The minimum absolute atomic E-state index is 0.0731. The summed E-state index contributed by atoms with van der Waals surface area (Å²) < 4.78 is 22.0. The smallest absolute Gasteiger partial charge is 0.251 e. The summed E-state index contributed by atoms with van der Waals surface area (Å²) in [4.78, 5) is 12.0. The van der Waals surface area contributed by atoms with Crippen LogP contribution in [0.2, 0.25) is 0 Å². The zero-order valence-corrected chi connectivity index (χ0v) is 12.3. The molecule has 5 nitrogen and oxygen atoms in total. The van der Waals surface area contributed by atoms with Gasteiger partial charge in [0.2, 0.25) is 0 Å². The first kappa shape index (κ1) is 16.2. The lowest BCUT2D eigenvalue weighted by Gasteiger charge is -2.08. The standard InChI is InChI=1S/C14H17NO4S/c1-11-12(6-4-9-16)5-3-7-13(11)14(17)15-8-10-20(2,18)19/h3,5,7,16H,8-10H2,1-2H3,(H,15,17). The van der Waals surface area contributed by atoms with E-state index in [0.29, 0.717) is 16.7 Å². The summed E-state index contributed by atoms with van der Waals surface area (Å²) >= 11 is 0. The topological polar surface area (TPSA) is 83.5 Å². The molecule has 1 rings (SSSR count). The Morgan fingerprint density at radius 3 is 2.70 bits per heavy atom. The second-order valence-electron chi connectivity index (χ2n) is 4.32. The number of nitrogens with one attached hydrogen (secondary N) is 1. The molecule has 0 heterocycles. The highest BCUT2D eigenvalue weighted by Gasteiger charge is 2.11. The molecular formula is C14H17NO4S. The van der Waals surface area contributed by atoms with E-state index in [9.17, 15) is 13.2 Å². The van der Waals surface area contributed by atoms with E-state index in [-0.39, 0.29) is 24.8 Å². The summed E-state index contributed by atoms with van der Waals surface area (Å²) in [6, 6.07) is 5.10. The van der Waals surface area contributed by atoms with Crippen molar-refractivity contribution in [2.24, 2.45) is 0 Å². The molecule has 1 aromatic carbocycles. The first-order valence-corrected chi connectivity index (χ1v) is 8.06. The van der Waals surface area contributed by atoms with Crippen molar-refractivity contribution in [2.75, 3.05) is 25.2 Å². The average molecular weight is 295 g/mol. The van der Waals surface area contributed by atoms with Crippen LogP contribution < -0.4 is 5.32 Å². The Morgan fingerprint density at radius 2 is 2.10 bits per heavy atom. The maximum absolute atomic E-state index is 12.0. The molecule has 1 amide bonds. The first-order chi connectivity index (χ1) is 9.35. The van der Waals surface area contributed by atoms with E-state index in [4.69, 9.17) is 5.11 Å². The van der Waals surface area contributed by atoms with Crippen molar-refractivity contribution >= 4 is 15.7 Å². The van der Waals surface area contributed by atoms with Crippen LogP contribution >= 0.6 is 0 Å². The minimum Gasteiger partial charge on any atom is -0.384 e. The van der Waals surface area contributed by atoms with Crippen molar-refractivity contribution in [1.29, 1.82) is 0 Å². The molecule has 2 N–H and O–H groups in total. The molecule has 0 aliphatic heterocycles. The first-order valence-electron chi connectivity index (χ1n) is 6.00. The number of hydrogen-bond acceptors (Lipinski definition) is 4. The van der Waals surface area contributed by atoms with Gasteiger partial charge in [-0.2, -0.15) is 0 Å². The lowest BCUT2D eigenvalue weighted by atomic mass is 10.0. The molecule has 0 spiro atoms. The molecule has 0 radical (unpaired) electrons. The summed E-state index contributed by atoms with van der Waals surface area (Å²) in [5.41, 5.74) is 1.81. The lowest BCUT2D eigenvalue weighted by molar-refractivity contribution is 0.0955. The lowest BCUT2D eigenvalue weighted by Crippen LogP contribution is -2.29. The van der Waals surface area contributed by atoms with Gasteiger partial charge in [-0.3, -0.25) is 4.79 Å². The summed E-state index contributed by atoms with van der Waals surface area (Å²) in [6.45, 7) is 1.58. The molecule has 0 aliphatic rings. The number of carbonyl (C=O) groups excluding carboxylic acids is 1. The summed E-state index contributed by atoms with van der Waals surface area (Å²) in [5, 5.41) is 11.2. The zero-order valence-electron chi connectivity index (χ0n) is 11.4. The van der Waals surface area contributed by atoms with Gasteiger partial charge in [-0.1, -0.05) is 17.9 Å². The number of sulfone groups is 1. The summed E-state index contributed by atoms with van der Waals surface area (Å²) in [5.74, 6) is 4.86. The van der Waals surface area contributed by atoms with Gasteiger partial charge in [0.1, 0.15) is 16.4 Å². The minimum atomic E-state index is -3.10. The van der Waals surface area contributed by atoms with E-state index < -0.39 is 9.84 Å². The zero-order chi connectivity index (χ0) is 15.2. The summed E-state index contributed by atoms with van der Waals surface area (Å²) in [7, 11) is -3.10. The molecule has 1 aromatic rings. The highest BCUT2D eigenvalue weighted by Crippen LogP contribution is 2.12. The van der Waals surface area contributed by atoms with Crippen molar-refractivity contribution in [3.63, 3.8) is 0 Å². The van der Waals surface area contributed by atoms with E-state index in [1.54, 1.807) is 25.1 Å². The van der Waals surface area contributed by atoms with Gasteiger partial charge in [0.25, 0.3) is 5.91 Å². The van der Waals surface area contributed by atoms with E-state index in [2.05, 4.69) is 17.2 Å². The van der Waals surface area contributed by atoms with Gasteiger partial charge < -0.3 is 10.4 Å². The number of carbonyl (C=O) groups is 1. The largest absolute Gasteiger partial charge is 0.384 e. The predicted molar refractivity (Wildman–Crippen MR) is 77.2 cm³/mol. The van der Waals surface area contributed by atoms with Crippen molar-refractivity contribution in [1.82, 2.24) is 5.32 Å². The van der Waals surface area contributed by atoms with Crippen molar-refractivity contribution in [3.8, 4) is 11.8 Å². The number of benzene rings is 1. The Balaban J connectivity index is 2.83. The molecule has 0 unspecified atom stereocenters. The van der Waals surface area contributed by atoms with Gasteiger partial charge in [0, 0.05) is 23.9 Å². The Labute approximate surface area is 118 Å². The van der Waals surface area contributed by atoms with Crippen LogP contribution in [0.25, 0.3) is 0 Å². The molecule has 0 saturated heterocycles. The fourth-order valence-electron chi connectivity index (χ4n) is 1.60. The maximum atomic E-state index is 12.0. The van der Waals surface area contributed by atoms with Crippen LogP contribution in [0.1, 0.15) is 21.5 Å². The third-order valence-corrected chi connectivity index (χ3v) is 3.58. The molecule has 20 heavy (non-hydrogen) atoms. The number of rotatable bonds is 4. The molecule has 0 atom stereocenters. The normalized spacial score (nSPS) is 10.6. The van der Waals surface area contributed by atoms with Gasteiger partial charge in [-0.25, -0.2) is 8.42 Å². The molecule has 0 aromatic heterocycles. The Morgan fingerprint density at radius 1 is 1.40 bits per heavy atom. The number of hydrogen-bond donors (Lipinski definition) is 2. The van der Waals surface area contributed by atoms with Crippen LogP contribution in [0.5, 0.6) is 0 Å². The average Bonchev–Trinajstić information content (AvgIpc) is 2.36. The van der Waals surface area contributed by atoms with Gasteiger partial charge in [-0.05, 0) is 24.6 Å². The van der Waals surface area contributed by atoms with E-state index in [1.165, 1.54) is 0 Å². The van der Waals surface area contributed by atoms with Crippen molar-refractivity contribution < 1.29 is 18.3 Å². The fourth-order valence-corrected chi connectivity index (χ4v) is 2.07.